The molecule has 0 N–H and O–H groups in total. The second-order valence-electron chi connectivity index (χ2n) is 31.1. The van der Waals surface area contributed by atoms with Crippen molar-refractivity contribution in [2.75, 3.05) is 0 Å². The van der Waals surface area contributed by atoms with E-state index in [1.807, 2.05) is 22.7 Å². The molecule has 1 aliphatic carbocycles. The first-order valence-electron chi connectivity index (χ1n) is 38.4. The second-order valence-corrected chi connectivity index (χ2v) is 34.3. The van der Waals surface area contributed by atoms with Gasteiger partial charge in [0.15, 0.2) is 5.82 Å². The Balaban J connectivity index is 0.713. The van der Waals surface area contributed by atoms with Gasteiger partial charge in [-0.3, -0.25) is 9.13 Å². The molecule has 0 radical (unpaired) electrons. The number of thiophene rings is 3. The maximum atomic E-state index is 6.00. The monoisotopic (exact) mass is 1470 g/mol. The minimum Gasteiger partial charge on any atom is -0.294 e. The van der Waals surface area contributed by atoms with E-state index in [9.17, 15) is 0 Å². The van der Waals surface area contributed by atoms with E-state index >= 15 is 0 Å². The number of nitrogens with zero attached hydrogens (tertiary/aromatic N) is 5. The van der Waals surface area contributed by atoms with Crippen LogP contribution in [-0.4, -0.2) is 24.1 Å². The zero-order valence-electron chi connectivity index (χ0n) is 60.6. The van der Waals surface area contributed by atoms with Gasteiger partial charge >= 0.3 is 0 Å². The third-order valence-electron chi connectivity index (χ3n) is 25.0. The van der Waals surface area contributed by atoms with Crippen LogP contribution in [0.3, 0.4) is 0 Å². The Morgan fingerprint density at radius 1 is 0.250 bits per heavy atom. The highest BCUT2D eigenvalue weighted by molar-refractivity contribution is 7.26. The van der Waals surface area contributed by atoms with Crippen LogP contribution in [0.25, 0.3) is 247 Å². The van der Waals surface area contributed by atoms with E-state index in [2.05, 4.69) is 344 Å². The first-order valence-corrected chi connectivity index (χ1v) is 40.9. The molecule has 5 nitrogen and oxygen atoms in total. The van der Waals surface area contributed by atoms with Gasteiger partial charge in [-0.15, -0.1) is 34.0 Å². The molecular formula is C104H59N5S3. The number of hydrogen-bond donors (Lipinski definition) is 0. The summed E-state index contributed by atoms with van der Waals surface area (Å²) in [5.74, 6) is 1.71. The Kier molecular flexibility index (Phi) is 12.3. The van der Waals surface area contributed by atoms with Crippen molar-refractivity contribution in [3.8, 4) is 56.4 Å². The number of benzene rings is 18. The molecular weight excluding hydrogens is 1420 g/mol. The van der Waals surface area contributed by atoms with Gasteiger partial charge in [-0.1, -0.05) is 263 Å². The van der Waals surface area contributed by atoms with Gasteiger partial charge in [0.2, 0.25) is 0 Å². The van der Waals surface area contributed by atoms with Crippen LogP contribution < -0.4 is 0 Å². The molecule has 18 aromatic carbocycles. The molecule has 0 saturated carbocycles. The molecule has 0 atom stereocenters. The Bertz CT molecular complexity index is 8600. The molecule has 0 bridgehead atoms. The summed E-state index contributed by atoms with van der Waals surface area (Å²) < 4.78 is 11.2. The number of rotatable bonds is 5. The summed E-state index contributed by atoms with van der Waals surface area (Å²) in [7, 11) is 0. The second kappa shape index (κ2) is 22.4. The first-order chi connectivity index (χ1) is 55.3. The van der Waals surface area contributed by atoms with Crippen molar-refractivity contribution >= 4 is 224 Å². The van der Waals surface area contributed by atoms with Crippen LogP contribution in [-0.2, 0) is 5.41 Å². The van der Waals surface area contributed by atoms with Crippen LogP contribution in [0.2, 0.25) is 0 Å². The van der Waals surface area contributed by atoms with Crippen LogP contribution in [0.15, 0.2) is 322 Å². The van der Waals surface area contributed by atoms with Crippen LogP contribution in [0, 0.1) is 0 Å². The van der Waals surface area contributed by atoms with Gasteiger partial charge < -0.3 is 0 Å². The molecule has 8 heteroatoms. The average Bonchev–Trinajstić information content (AvgIpc) is 1.58. The molecule has 0 fully saturated rings. The molecule has 518 valence electrons. The normalized spacial score (nSPS) is 13.2. The molecule has 0 spiro atoms. The molecule has 0 amide bonds. The smallest absolute Gasteiger partial charge is 0.165 e. The van der Waals surface area contributed by atoms with Crippen molar-refractivity contribution in [1.29, 1.82) is 0 Å². The third kappa shape index (κ3) is 8.26. The minimum absolute atomic E-state index is 0.375. The van der Waals surface area contributed by atoms with E-state index < -0.39 is 0 Å². The zero-order valence-corrected chi connectivity index (χ0v) is 63.0. The lowest BCUT2D eigenvalue weighted by atomic mass is 9.85. The summed E-state index contributed by atoms with van der Waals surface area (Å²) in [6.45, 7) is 4.62. The van der Waals surface area contributed by atoms with Gasteiger partial charge in [0.1, 0.15) is 16.3 Å². The number of aromatic nitrogens is 5. The van der Waals surface area contributed by atoms with Crippen LogP contribution in [0.4, 0.5) is 0 Å². The van der Waals surface area contributed by atoms with Crippen LogP contribution >= 0.6 is 34.0 Å². The average molecular weight is 1470 g/mol. The summed E-state index contributed by atoms with van der Waals surface area (Å²) in [4.78, 5) is 18.9. The van der Waals surface area contributed by atoms with Gasteiger partial charge in [0.05, 0.1) is 33.5 Å². The molecule has 0 aliphatic heterocycles. The van der Waals surface area contributed by atoms with Crippen molar-refractivity contribution in [2.24, 2.45) is 0 Å². The molecule has 0 unspecified atom stereocenters. The van der Waals surface area contributed by atoms with Gasteiger partial charge in [-0.2, -0.15) is 0 Å². The lowest BCUT2D eigenvalue weighted by Gasteiger charge is -2.21. The van der Waals surface area contributed by atoms with Gasteiger partial charge in [0, 0.05) is 105 Å². The summed E-state index contributed by atoms with van der Waals surface area (Å²) in [5, 5.41) is 32.0. The lowest BCUT2D eigenvalue weighted by Crippen LogP contribution is -2.18. The lowest BCUT2D eigenvalue weighted by molar-refractivity contribution is 0.635. The fourth-order valence-corrected chi connectivity index (χ4v) is 23.4. The van der Waals surface area contributed by atoms with E-state index in [-0.39, 0.29) is 5.41 Å². The summed E-state index contributed by atoms with van der Waals surface area (Å²) >= 11 is 5.51. The number of fused-ring (bicyclic) bond motifs is 36. The molecule has 26 rings (SSSR count). The Hall–Kier alpha value is -13.5. The molecule has 1 aliphatic rings. The van der Waals surface area contributed by atoms with Crippen molar-refractivity contribution in [2.45, 2.75) is 19.3 Å². The van der Waals surface area contributed by atoms with E-state index in [0.29, 0.717) is 0 Å². The highest BCUT2D eigenvalue weighted by Crippen LogP contribution is 2.54. The quantitative estimate of drug-likeness (QED) is 0.161. The molecule has 7 aromatic heterocycles. The standard InChI is InChI=1S/C104H59N5S3/c1-104(2)81-32-16-13-31-77(81)100-101(104)106-99(61-37-42-72-70-29-15-18-34-87(70)111-90(72)54-61)102(107-100)109-83-47-39-57-20-4-6-22-63(57)96(83)98-85(109)49-45-75-67-26-9-10-27-68(67)79-51-58(35-43-76(79)93(75)98)59-40-50-88-80(52-59)94-78(60-36-41-71-69-28-14-17-33-86(69)110-89(71)53-60)55-91(105-103(94)112-88)108-82-46-38-56-19-3-5-21-62(56)95(82)97-84(108)48-44-74-66-25-8-7-23-64(66)65-24-11-12-30-73(65)92(74)97/h3-55H,1-2H3. The number of pyridine rings is 1. The topological polar surface area (TPSA) is 48.5 Å². The van der Waals surface area contributed by atoms with Crippen LogP contribution in [0.1, 0.15) is 25.1 Å². The summed E-state index contributed by atoms with van der Waals surface area (Å²) in [6, 6.07) is 121. The van der Waals surface area contributed by atoms with Crippen molar-refractivity contribution in [3.63, 3.8) is 0 Å². The number of hydrogen-bond acceptors (Lipinski definition) is 6. The first kappa shape index (κ1) is 61.4. The van der Waals surface area contributed by atoms with E-state index in [0.717, 1.165) is 88.8 Å². The summed E-state index contributed by atoms with van der Waals surface area (Å²) in [6.07, 6.45) is 0. The van der Waals surface area contributed by atoms with E-state index in [4.69, 9.17) is 15.0 Å². The summed E-state index contributed by atoms with van der Waals surface area (Å²) in [5.41, 5.74) is 14.9. The predicted molar refractivity (Wildman–Crippen MR) is 481 cm³/mol. The maximum absolute atomic E-state index is 6.00. The van der Waals surface area contributed by atoms with Crippen molar-refractivity contribution < 1.29 is 0 Å². The fourth-order valence-electron chi connectivity index (χ4n) is 20.0. The van der Waals surface area contributed by atoms with Gasteiger partial charge in [-0.05, 0) is 176 Å². The van der Waals surface area contributed by atoms with Crippen LogP contribution in [0.5, 0.6) is 0 Å². The van der Waals surface area contributed by atoms with Crippen molar-refractivity contribution in [3.05, 3.63) is 333 Å². The highest BCUT2D eigenvalue weighted by atomic mass is 32.1. The third-order valence-corrected chi connectivity index (χ3v) is 28.3. The fraction of sp³-hybridized carbons (Fsp3) is 0.0288. The Morgan fingerprint density at radius 2 is 0.679 bits per heavy atom. The molecule has 0 saturated heterocycles. The largest absolute Gasteiger partial charge is 0.294 e. The molecule has 7 heterocycles. The van der Waals surface area contributed by atoms with Crippen molar-refractivity contribution in [1.82, 2.24) is 24.1 Å². The van der Waals surface area contributed by atoms with E-state index in [1.54, 1.807) is 11.3 Å². The highest BCUT2D eigenvalue weighted by Gasteiger charge is 2.40. The van der Waals surface area contributed by atoms with Gasteiger partial charge in [-0.25, -0.2) is 15.0 Å². The molecule has 25 aromatic rings. The molecule has 112 heavy (non-hydrogen) atoms. The van der Waals surface area contributed by atoms with E-state index in [1.165, 1.54) is 169 Å². The Morgan fingerprint density at radius 3 is 1.32 bits per heavy atom. The zero-order chi connectivity index (χ0) is 73.1. The minimum atomic E-state index is -0.375. The predicted octanol–water partition coefficient (Wildman–Crippen LogP) is 29.7. The van der Waals surface area contributed by atoms with Gasteiger partial charge in [0.25, 0.3) is 0 Å². The Labute approximate surface area is 652 Å². The SMILES string of the molecule is CC1(C)c2ccccc2-c2nc(-n3c4ccc5ccccc5c4c4c5c(ccc43)c3ccccc3c3cc(-c4ccc6sc7nc(-n8c9ccc%10ccccc%10c9c9c%10c%11ccccc%11c%11ccccc%11c%10ccc98)cc(-c8ccc9c(c8)sc8ccccc89)c7c6c4)ccc35)c(-c3ccc4c(c3)sc3ccccc34)nc21. The maximum Gasteiger partial charge on any atom is 0.165 e.